The van der Waals surface area contributed by atoms with Crippen molar-refractivity contribution in [3.8, 4) is 0 Å². The van der Waals surface area contributed by atoms with Crippen LogP contribution in [-0.4, -0.2) is 41.1 Å². The minimum absolute atomic E-state index is 0.223. The molecule has 1 rings (SSSR count). The van der Waals surface area contributed by atoms with Crippen molar-refractivity contribution in [1.29, 1.82) is 0 Å². The van der Waals surface area contributed by atoms with E-state index in [4.69, 9.17) is 0 Å². The highest BCUT2D eigenvalue weighted by Crippen LogP contribution is 2.11. The SMILES string of the molecule is CCCCN(C)C(=NC)NCc1nccn1C(F)F. The largest absolute Gasteiger partial charge is 0.349 e. The predicted octanol–water partition coefficient (Wildman–Crippen LogP) is 2.09. The number of alkyl halides is 2. The van der Waals surface area contributed by atoms with Gasteiger partial charge in [-0.3, -0.25) is 9.56 Å². The summed E-state index contributed by atoms with van der Waals surface area (Å²) in [6.45, 7) is 0.641. The van der Waals surface area contributed by atoms with E-state index in [-0.39, 0.29) is 6.54 Å². The normalized spacial score (nSPS) is 12.0. The fourth-order valence-electron chi connectivity index (χ4n) is 1.70. The summed E-state index contributed by atoms with van der Waals surface area (Å²) in [5, 5.41) is 3.04. The summed E-state index contributed by atoms with van der Waals surface area (Å²) in [7, 11) is 3.59. The topological polar surface area (TPSA) is 45.4 Å². The molecule has 0 aliphatic heterocycles. The van der Waals surface area contributed by atoms with Gasteiger partial charge >= 0.3 is 6.55 Å². The highest BCUT2D eigenvalue weighted by Gasteiger charge is 2.12. The summed E-state index contributed by atoms with van der Waals surface area (Å²) in [5.74, 6) is 0.970. The number of nitrogens with one attached hydrogen (secondary N) is 1. The minimum Gasteiger partial charge on any atom is -0.349 e. The number of hydrogen-bond acceptors (Lipinski definition) is 2. The van der Waals surface area contributed by atoms with Crippen molar-refractivity contribution in [2.45, 2.75) is 32.9 Å². The Morgan fingerprint density at radius 3 is 2.89 bits per heavy atom. The van der Waals surface area contributed by atoms with Crippen LogP contribution in [0.25, 0.3) is 0 Å². The molecule has 1 N–H and O–H groups in total. The summed E-state index contributed by atoms with van der Waals surface area (Å²) in [5.41, 5.74) is 0. The molecular weight excluding hydrogens is 252 g/mol. The van der Waals surface area contributed by atoms with E-state index >= 15 is 0 Å². The zero-order valence-corrected chi connectivity index (χ0v) is 11.6. The molecule has 7 heteroatoms. The summed E-state index contributed by atoms with van der Waals surface area (Å²) >= 11 is 0. The van der Waals surface area contributed by atoms with Crippen LogP contribution in [0.5, 0.6) is 0 Å². The second kappa shape index (κ2) is 7.70. The van der Waals surface area contributed by atoms with Crippen LogP contribution in [0.15, 0.2) is 17.4 Å². The Labute approximate surface area is 112 Å². The third-order valence-electron chi connectivity index (χ3n) is 2.78. The average Bonchev–Trinajstić information content (AvgIpc) is 2.85. The van der Waals surface area contributed by atoms with E-state index in [1.54, 1.807) is 7.05 Å². The Hall–Kier alpha value is -1.66. The summed E-state index contributed by atoms with van der Waals surface area (Å²) < 4.78 is 26.1. The molecule has 0 aliphatic rings. The maximum Gasteiger partial charge on any atom is 0.319 e. The van der Waals surface area contributed by atoms with E-state index in [0.29, 0.717) is 11.8 Å². The van der Waals surface area contributed by atoms with Crippen molar-refractivity contribution in [1.82, 2.24) is 19.8 Å². The first kappa shape index (κ1) is 15.4. The molecule has 0 aliphatic carbocycles. The molecule has 108 valence electrons. The van der Waals surface area contributed by atoms with Gasteiger partial charge in [0.2, 0.25) is 0 Å². The third kappa shape index (κ3) is 4.50. The van der Waals surface area contributed by atoms with Gasteiger partial charge < -0.3 is 10.2 Å². The first-order valence-corrected chi connectivity index (χ1v) is 6.31. The standard InChI is InChI=1S/C12H21F2N5/c1-4-5-7-18(3)12(15-2)17-9-10-16-6-8-19(10)11(13)14/h6,8,11H,4-5,7,9H2,1-3H3,(H,15,17). The zero-order valence-electron chi connectivity index (χ0n) is 11.6. The first-order valence-electron chi connectivity index (χ1n) is 6.31. The van der Waals surface area contributed by atoms with Crippen LogP contribution < -0.4 is 5.32 Å². The van der Waals surface area contributed by atoms with Gasteiger partial charge in [-0.25, -0.2) is 4.98 Å². The smallest absolute Gasteiger partial charge is 0.319 e. The molecular formula is C12H21F2N5. The van der Waals surface area contributed by atoms with Crippen LogP contribution in [0.4, 0.5) is 8.78 Å². The van der Waals surface area contributed by atoms with Gasteiger partial charge in [-0.2, -0.15) is 8.78 Å². The van der Waals surface area contributed by atoms with E-state index in [9.17, 15) is 8.78 Å². The van der Waals surface area contributed by atoms with Crippen LogP contribution in [0.3, 0.4) is 0 Å². The third-order valence-corrected chi connectivity index (χ3v) is 2.78. The molecule has 1 heterocycles. The molecule has 0 unspecified atom stereocenters. The number of hydrogen-bond donors (Lipinski definition) is 1. The van der Waals surface area contributed by atoms with Gasteiger partial charge in [-0.1, -0.05) is 13.3 Å². The Morgan fingerprint density at radius 1 is 1.58 bits per heavy atom. The molecule has 0 spiro atoms. The second-order valence-electron chi connectivity index (χ2n) is 4.20. The van der Waals surface area contributed by atoms with Crippen molar-refractivity contribution in [3.05, 3.63) is 18.2 Å². The van der Waals surface area contributed by atoms with Crippen molar-refractivity contribution < 1.29 is 8.78 Å². The Bertz CT molecular complexity index is 403. The van der Waals surface area contributed by atoms with Gasteiger partial charge in [0.1, 0.15) is 5.82 Å². The van der Waals surface area contributed by atoms with Gasteiger partial charge in [0, 0.05) is 33.0 Å². The fraction of sp³-hybridized carbons (Fsp3) is 0.667. The molecule has 0 amide bonds. The van der Waals surface area contributed by atoms with Crippen molar-refractivity contribution in [3.63, 3.8) is 0 Å². The Morgan fingerprint density at radius 2 is 2.32 bits per heavy atom. The van der Waals surface area contributed by atoms with Crippen LogP contribution >= 0.6 is 0 Å². The molecule has 1 aromatic heterocycles. The van der Waals surface area contributed by atoms with Gasteiger partial charge in [0.25, 0.3) is 0 Å². The molecule has 0 fully saturated rings. The van der Waals surface area contributed by atoms with E-state index in [1.807, 2.05) is 11.9 Å². The minimum atomic E-state index is -2.57. The van der Waals surface area contributed by atoms with Crippen molar-refractivity contribution in [2.24, 2.45) is 4.99 Å². The number of nitrogens with zero attached hydrogens (tertiary/aromatic N) is 4. The molecule has 5 nitrogen and oxygen atoms in total. The molecule has 0 bridgehead atoms. The molecule has 0 saturated heterocycles. The number of guanidine groups is 1. The second-order valence-corrected chi connectivity index (χ2v) is 4.20. The average molecular weight is 273 g/mol. The Balaban J connectivity index is 2.56. The number of halogens is 2. The molecule has 0 saturated carbocycles. The molecule has 0 aromatic carbocycles. The number of unbranched alkanes of at least 4 members (excludes halogenated alkanes) is 1. The number of aromatic nitrogens is 2. The monoisotopic (exact) mass is 273 g/mol. The van der Waals surface area contributed by atoms with Gasteiger partial charge in [-0.05, 0) is 6.42 Å². The van der Waals surface area contributed by atoms with Crippen LogP contribution in [-0.2, 0) is 6.54 Å². The van der Waals surface area contributed by atoms with Gasteiger partial charge in [-0.15, -0.1) is 0 Å². The van der Waals surface area contributed by atoms with Crippen molar-refractivity contribution >= 4 is 5.96 Å². The zero-order chi connectivity index (χ0) is 14.3. The maximum absolute atomic E-state index is 12.6. The first-order chi connectivity index (χ1) is 9.10. The lowest BCUT2D eigenvalue weighted by atomic mass is 10.3. The molecule has 0 atom stereocenters. The van der Waals surface area contributed by atoms with Gasteiger partial charge in [0.05, 0.1) is 6.54 Å². The highest BCUT2D eigenvalue weighted by molar-refractivity contribution is 5.79. The van der Waals surface area contributed by atoms with Crippen LogP contribution in [0, 0.1) is 0 Å². The molecule has 1 aromatic rings. The van der Waals surface area contributed by atoms with E-state index in [1.165, 1.54) is 12.4 Å². The summed E-state index contributed by atoms with van der Waals surface area (Å²) in [4.78, 5) is 10.0. The lowest BCUT2D eigenvalue weighted by molar-refractivity contribution is 0.0668. The number of imidazole rings is 1. The lowest BCUT2D eigenvalue weighted by Crippen LogP contribution is -2.39. The highest BCUT2D eigenvalue weighted by atomic mass is 19.3. The number of aliphatic imine (C=N–C) groups is 1. The quantitative estimate of drug-likeness (QED) is 0.637. The van der Waals surface area contributed by atoms with Gasteiger partial charge in [0.15, 0.2) is 5.96 Å². The Kier molecular flexibility index (Phi) is 6.24. The molecule has 19 heavy (non-hydrogen) atoms. The predicted molar refractivity (Wildman–Crippen MR) is 71.2 cm³/mol. The lowest BCUT2D eigenvalue weighted by Gasteiger charge is -2.21. The number of rotatable bonds is 6. The van der Waals surface area contributed by atoms with Crippen LogP contribution in [0.2, 0.25) is 0 Å². The van der Waals surface area contributed by atoms with E-state index in [0.717, 1.165) is 24.0 Å². The summed E-state index contributed by atoms with van der Waals surface area (Å²) in [6.07, 6.45) is 4.79. The molecule has 0 radical (unpaired) electrons. The van der Waals surface area contributed by atoms with E-state index in [2.05, 4.69) is 22.2 Å². The van der Waals surface area contributed by atoms with E-state index < -0.39 is 6.55 Å². The van der Waals surface area contributed by atoms with Crippen LogP contribution in [0.1, 0.15) is 32.1 Å². The summed E-state index contributed by atoms with van der Waals surface area (Å²) in [6, 6.07) is 0. The fourth-order valence-corrected chi connectivity index (χ4v) is 1.70. The maximum atomic E-state index is 12.6. The van der Waals surface area contributed by atoms with Crippen molar-refractivity contribution in [2.75, 3.05) is 20.6 Å².